The van der Waals surface area contributed by atoms with Gasteiger partial charge in [0, 0.05) is 36.6 Å². The molecule has 2 N–H and O–H groups in total. The van der Waals surface area contributed by atoms with Crippen LogP contribution in [-0.2, 0) is 15.8 Å². The number of alkyl halides is 3. The van der Waals surface area contributed by atoms with Gasteiger partial charge in [0.15, 0.2) is 10.7 Å². The molecule has 0 bridgehead atoms. The number of thiazole rings is 1. The van der Waals surface area contributed by atoms with E-state index in [1.165, 1.54) is 16.8 Å². The van der Waals surface area contributed by atoms with Crippen LogP contribution in [0.1, 0.15) is 42.2 Å². The molecule has 40 heavy (non-hydrogen) atoms. The Labute approximate surface area is 230 Å². The summed E-state index contributed by atoms with van der Waals surface area (Å²) in [4.78, 5) is 60.2. The topological polar surface area (TPSA) is 132 Å². The number of anilines is 1. The van der Waals surface area contributed by atoms with Crippen molar-refractivity contribution in [2.45, 2.75) is 44.4 Å². The van der Waals surface area contributed by atoms with E-state index in [-0.39, 0.29) is 37.8 Å². The lowest BCUT2D eigenvalue weighted by molar-refractivity contribution is -0.140. The number of fused-ring (bicyclic) bond motifs is 1. The third-order valence-corrected chi connectivity index (χ3v) is 8.24. The maximum absolute atomic E-state index is 13.5. The molecule has 1 aromatic carbocycles. The molecule has 0 saturated carbocycles. The number of benzene rings is 1. The summed E-state index contributed by atoms with van der Waals surface area (Å²) in [7, 11) is 1.42. The number of nitrogens with one attached hydrogen (secondary N) is 2. The second kappa shape index (κ2) is 9.87. The first-order valence-electron chi connectivity index (χ1n) is 12.5. The standard InChI is InChI=1S/C25H26F3N7O4S/c1-13(2)18(31-19(36)20-30-17(12-40-20)25(26,27)28)21(37)34-8-6-24(7-9-34)22(38)33(3)23(39)35(24)15-4-5-16-14(10-15)11-29-32-16/h4-5,10-13,18H,6-9H2,1-3H3,(H,29,32)(H,31,36)/t18-/m1/s1. The summed E-state index contributed by atoms with van der Waals surface area (Å²) in [5.74, 6) is -2.05. The van der Waals surface area contributed by atoms with Gasteiger partial charge in [-0.05, 0) is 37.0 Å². The van der Waals surface area contributed by atoms with E-state index < -0.39 is 46.3 Å². The van der Waals surface area contributed by atoms with E-state index in [1.54, 1.807) is 38.2 Å². The molecule has 0 unspecified atom stereocenters. The molecule has 5 rings (SSSR count). The molecule has 1 atom stereocenters. The maximum atomic E-state index is 13.5. The third kappa shape index (κ3) is 4.57. The van der Waals surface area contributed by atoms with Gasteiger partial charge in [0.25, 0.3) is 11.8 Å². The van der Waals surface area contributed by atoms with Crippen molar-refractivity contribution >= 4 is 51.7 Å². The Morgan fingerprint density at radius 3 is 2.50 bits per heavy atom. The quantitative estimate of drug-likeness (QED) is 0.448. The molecule has 5 amide bonds. The number of urea groups is 1. The van der Waals surface area contributed by atoms with Gasteiger partial charge in [-0.2, -0.15) is 18.3 Å². The summed E-state index contributed by atoms with van der Waals surface area (Å²) in [6.45, 7) is 3.67. The molecule has 2 saturated heterocycles. The van der Waals surface area contributed by atoms with Crippen LogP contribution in [0.2, 0.25) is 0 Å². The zero-order valence-corrected chi connectivity index (χ0v) is 22.6. The summed E-state index contributed by atoms with van der Waals surface area (Å²) in [6, 6.07) is 3.78. The van der Waals surface area contributed by atoms with Crippen molar-refractivity contribution in [1.82, 2.24) is 30.3 Å². The Morgan fingerprint density at radius 1 is 1.18 bits per heavy atom. The number of aromatic amines is 1. The van der Waals surface area contributed by atoms with Crippen LogP contribution in [0.5, 0.6) is 0 Å². The summed E-state index contributed by atoms with van der Waals surface area (Å²) in [5.41, 5.74) is -1.05. The van der Waals surface area contributed by atoms with Crippen LogP contribution in [0, 0.1) is 5.92 Å². The van der Waals surface area contributed by atoms with Crippen molar-refractivity contribution in [3.05, 3.63) is 40.5 Å². The second-order valence-corrected chi connectivity index (χ2v) is 11.1. The SMILES string of the molecule is CC(C)[C@@H](NC(=O)c1nc(C(F)(F)F)cs1)C(=O)N1CCC2(CC1)C(=O)N(C)C(=O)N2c1ccc2[nH]ncc2c1. The van der Waals surface area contributed by atoms with Gasteiger partial charge >= 0.3 is 12.2 Å². The Morgan fingerprint density at radius 2 is 1.88 bits per heavy atom. The number of piperidine rings is 1. The molecule has 212 valence electrons. The lowest BCUT2D eigenvalue weighted by Gasteiger charge is -2.43. The number of amides is 5. The van der Waals surface area contributed by atoms with E-state index in [0.717, 1.165) is 21.2 Å². The highest BCUT2D eigenvalue weighted by Crippen LogP contribution is 2.41. The molecule has 0 radical (unpaired) electrons. The molecule has 2 aromatic heterocycles. The first-order valence-corrected chi connectivity index (χ1v) is 13.4. The highest BCUT2D eigenvalue weighted by atomic mass is 32.1. The molecule has 2 aliphatic heterocycles. The number of imide groups is 1. The van der Waals surface area contributed by atoms with E-state index in [1.807, 2.05) is 0 Å². The third-order valence-electron chi connectivity index (χ3n) is 7.40. The average molecular weight is 578 g/mol. The fourth-order valence-corrected chi connectivity index (χ4v) is 5.94. The Hall–Kier alpha value is -4.01. The number of hydrogen-bond acceptors (Lipinski definition) is 7. The lowest BCUT2D eigenvalue weighted by atomic mass is 9.85. The molecule has 11 nitrogen and oxygen atoms in total. The summed E-state index contributed by atoms with van der Waals surface area (Å²) in [5, 5.41) is 10.5. The number of halogens is 3. The number of H-pyrrole nitrogens is 1. The highest BCUT2D eigenvalue weighted by Gasteiger charge is 2.58. The molecule has 0 aliphatic carbocycles. The van der Waals surface area contributed by atoms with Crippen LogP contribution in [0.3, 0.4) is 0 Å². The van der Waals surface area contributed by atoms with Crippen molar-refractivity contribution in [1.29, 1.82) is 0 Å². The minimum atomic E-state index is -4.68. The number of carbonyl (C=O) groups excluding carboxylic acids is 4. The van der Waals surface area contributed by atoms with Crippen molar-refractivity contribution < 1.29 is 32.3 Å². The molecule has 4 heterocycles. The minimum Gasteiger partial charge on any atom is -0.341 e. The fourth-order valence-electron chi connectivity index (χ4n) is 5.21. The first-order chi connectivity index (χ1) is 18.8. The lowest BCUT2D eigenvalue weighted by Crippen LogP contribution is -2.60. The van der Waals surface area contributed by atoms with Gasteiger partial charge in [-0.1, -0.05) is 13.8 Å². The number of hydrogen-bond donors (Lipinski definition) is 2. The van der Waals surface area contributed by atoms with Crippen molar-refractivity contribution in [2.24, 2.45) is 5.92 Å². The van der Waals surface area contributed by atoms with E-state index in [2.05, 4.69) is 20.5 Å². The van der Waals surface area contributed by atoms with Crippen LogP contribution in [0.25, 0.3) is 10.9 Å². The van der Waals surface area contributed by atoms with Gasteiger partial charge in [-0.3, -0.25) is 29.3 Å². The van der Waals surface area contributed by atoms with Gasteiger partial charge < -0.3 is 10.2 Å². The monoisotopic (exact) mass is 577 g/mol. The summed E-state index contributed by atoms with van der Waals surface area (Å²) < 4.78 is 38.7. The molecule has 15 heteroatoms. The van der Waals surface area contributed by atoms with E-state index in [9.17, 15) is 32.3 Å². The van der Waals surface area contributed by atoms with E-state index in [0.29, 0.717) is 17.0 Å². The maximum Gasteiger partial charge on any atom is 0.434 e. The molecule has 1 spiro atoms. The summed E-state index contributed by atoms with van der Waals surface area (Å²) in [6.07, 6.45) is -2.74. The van der Waals surface area contributed by atoms with Crippen molar-refractivity contribution in [3.63, 3.8) is 0 Å². The molecule has 3 aromatic rings. The number of likely N-dealkylation sites (tertiary alicyclic amines) is 1. The van der Waals surface area contributed by atoms with Crippen LogP contribution in [0.4, 0.5) is 23.7 Å². The normalized spacial score (nSPS) is 18.3. The Kier molecular flexibility index (Phi) is 6.80. The van der Waals surface area contributed by atoms with Crippen molar-refractivity contribution in [3.8, 4) is 0 Å². The minimum absolute atomic E-state index is 0.130. The highest BCUT2D eigenvalue weighted by molar-refractivity contribution is 7.11. The molecular weight excluding hydrogens is 551 g/mol. The predicted octanol–water partition coefficient (Wildman–Crippen LogP) is 3.25. The Balaban J connectivity index is 1.33. The largest absolute Gasteiger partial charge is 0.434 e. The van der Waals surface area contributed by atoms with Crippen LogP contribution in [-0.4, -0.2) is 80.5 Å². The van der Waals surface area contributed by atoms with Crippen molar-refractivity contribution in [2.75, 3.05) is 25.0 Å². The van der Waals surface area contributed by atoms with Gasteiger partial charge in [-0.25, -0.2) is 9.78 Å². The predicted molar refractivity (Wildman–Crippen MR) is 138 cm³/mol. The fraction of sp³-hybridized carbons (Fsp3) is 0.440. The summed E-state index contributed by atoms with van der Waals surface area (Å²) >= 11 is 0.545. The molecule has 2 aliphatic rings. The Bertz CT molecular complexity index is 1490. The second-order valence-electron chi connectivity index (χ2n) is 10.2. The van der Waals surface area contributed by atoms with Gasteiger partial charge in [-0.15, -0.1) is 11.3 Å². The zero-order chi connectivity index (χ0) is 29.0. The smallest absolute Gasteiger partial charge is 0.341 e. The van der Waals surface area contributed by atoms with E-state index in [4.69, 9.17) is 0 Å². The number of carbonyl (C=O) groups is 4. The number of rotatable bonds is 5. The van der Waals surface area contributed by atoms with Gasteiger partial charge in [0.2, 0.25) is 5.91 Å². The molecule has 2 fully saturated rings. The van der Waals surface area contributed by atoms with Gasteiger partial charge in [0.1, 0.15) is 11.6 Å². The van der Waals surface area contributed by atoms with Gasteiger partial charge in [0.05, 0.1) is 11.7 Å². The van der Waals surface area contributed by atoms with E-state index >= 15 is 0 Å². The first kappa shape index (κ1) is 27.6. The molecular formula is C25H26F3N7O4S. The number of likely N-dealkylation sites (N-methyl/N-ethyl adjacent to an activating group) is 1. The van der Waals surface area contributed by atoms with Crippen LogP contribution < -0.4 is 10.2 Å². The number of nitrogens with zero attached hydrogens (tertiary/aromatic N) is 5. The number of aromatic nitrogens is 3. The average Bonchev–Trinajstić information content (AvgIpc) is 3.63. The van der Waals surface area contributed by atoms with Crippen LogP contribution in [0.15, 0.2) is 29.8 Å². The zero-order valence-electron chi connectivity index (χ0n) is 21.8. The van der Waals surface area contributed by atoms with Crippen LogP contribution >= 0.6 is 11.3 Å².